The lowest BCUT2D eigenvalue weighted by Crippen LogP contribution is -2.07. The summed E-state index contributed by atoms with van der Waals surface area (Å²) in [7, 11) is 0. The van der Waals surface area contributed by atoms with Crippen LogP contribution in [0.3, 0.4) is 0 Å². The zero-order chi connectivity index (χ0) is 13.8. The maximum atomic E-state index is 5.89. The van der Waals surface area contributed by atoms with E-state index < -0.39 is 0 Å². The summed E-state index contributed by atoms with van der Waals surface area (Å²) >= 11 is 1.49. The van der Waals surface area contributed by atoms with Crippen LogP contribution in [0.4, 0.5) is 5.69 Å². The molecule has 0 saturated heterocycles. The van der Waals surface area contributed by atoms with Crippen LogP contribution in [0.2, 0.25) is 0 Å². The maximum absolute atomic E-state index is 5.89. The number of aromatic nitrogens is 2. The lowest BCUT2D eigenvalue weighted by Gasteiger charge is -2.13. The quantitative estimate of drug-likeness (QED) is 0.685. The molecule has 0 radical (unpaired) electrons. The smallest absolute Gasteiger partial charge is 0.192 e. The van der Waals surface area contributed by atoms with Gasteiger partial charge in [-0.1, -0.05) is 0 Å². The van der Waals surface area contributed by atoms with E-state index in [4.69, 9.17) is 10.5 Å². The lowest BCUT2D eigenvalue weighted by atomic mass is 10.3. The van der Waals surface area contributed by atoms with Gasteiger partial charge in [-0.25, -0.2) is 9.97 Å². The lowest BCUT2D eigenvalue weighted by molar-refractivity contribution is 0.243. The number of ether oxygens (including phenoxy) is 1. The average Bonchev–Trinajstić information content (AvgIpc) is 2.36. The summed E-state index contributed by atoms with van der Waals surface area (Å²) in [4.78, 5) is 9.54. The zero-order valence-electron chi connectivity index (χ0n) is 11.3. The SMILES string of the molecule is Cc1cnc(Sc2ccc(N)c(OC(C)C)c2)nc1. The molecule has 0 unspecified atom stereocenters. The summed E-state index contributed by atoms with van der Waals surface area (Å²) in [5.74, 6) is 0.701. The van der Waals surface area contributed by atoms with E-state index in [0.717, 1.165) is 10.5 Å². The highest BCUT2D eigenvalue weighted by Crippen LogP contribution is 2.31. The van der Waals surface area contributed by atoms with Gasteiger partial charge < -0.3 is 10.5 Å². The van der Waals surface area contributed by atoms with Crippen molar-refractivity contribution in [1.29, 1.82) is 0 Å². The topological polar surface area (TPSA) is 61.0 Å². The molecule has 1 aromatic carbocycles. The Morgan fingerprint density at radius 3 is 2.53 bits per heavy atom. The van der Waals surface area contributed by atoms with Crippen LogP contribution in [0, 0.1) is 6.92 Å². The first-order valence-corrected chi connectivity index (χ1v) is 6.89. The standard InChI is InChI=1S/C14H17N3OS/c1-9(2)18-13-6-11(4-5-12(13)15)19-14-16-7-10(3)8-17-14/h4-9H,15H2,1-3H3. The van der Waals surface area contributed by atoms with Gasteiger partial charge in [0.2, 0.25) is 0 Å². The number of hydrogen-bond donors (Lipinski definition) is 1. The second kappa shape index (κ2) is 5.93. The first kappa shape index (κ1) is 13.7. The number of nitrogen functional groups attached to an aromatic ring is 1. The fourth-order valence-corrected chi connectivity index (χ4v) is 2.20. The Morgan fingerprint density at radius 1 is 1.21 bits per heavy atom. The third kappa shape index (κ3) is 3.86. The first-order valence-electron chi connectivity index (χ1n) is 6.07. The van der Waals surface area contributed by atoms with Crippen LogP contribution < -0.4 is 10.5 Å². The third-order valence-corrected chi connectivity index (χ3v) is 3.20. The van der Waals surface area contributed by atoms with Gasteiger partial charge in [0.15, 0.2) is 5.16 Å². The molecule has 0 atom stereocenters. The van der Waals surface area contributed by atoms with E-state index in [2.05, 4.69) is 9.97 Å². The van der Waals surface area contributed by atoms with Gasteiger partial charge in [-0.15, -0.1) is 0 Å². The van der Waals surface area contributed by atoms with Crippen LogP contribution in [-0.4, -0.2) is 16.1 Å². The molecule has 0 fully saturated rings. The minimum Gasteiger partial charge on any atom is -0.489 e. The van der Waals surface area contributed by atoms with E-state index in [1.807, 2.05) is 39.0 Å². The van der Waals surface area contributed by atoms with Crippen molar-refractivity contribution in [2.24, 2.45) is 0 Å². The molecule has 0 aliphatic rings. The molecule has 100 valence electrons. The third-order valence-electron chi connectivity index (χ3n) is 2.31. The van der Waals surface area contributed by atoms with Crippen molar-refractivity contribution in [1.82, 2.24) is 9.97 Å². The number of nitrogens with zero attached hydrogens (tertiary/aromatic N) is 2. The Bertz CT molecular complexity index is 555. The van der Waals surface area contributed by atoms with Crippen LogP contribution in [-0.2, 0) is 0 Å². The Labute approximate surface area is 117 Å². The highest BCUT2D eigenvalue weighted by molar-refractivity contribution is 7.99. The molecule has 1 heterocycles. The fourth-order valence-electron chi connectivity index (χ4n) is 1.47. The second-order valence-electron chi connectivity index (χ2n) is 4.51. The number of aryl methyl sites for hydroxylation is 1. The Morgan fingerprint density at radius 2 is 1.89 bits per heavy atom. The molecule has 0 amide bonds. The van der Waals surface area contributed by atoms with E-state index in [0.29, 0.717) is 16.6 Å². The normalized spacial score (nSPS) is 10.7. The van der Waals surface area contributed by atoms with Gasteiger partial charge in [0.1, 0.15) is 5.75 Å². The molecule has 0 saturated carbocycles. The minimum atomic E-state index is 0.0955. The Balaban J connectivity index is 2.18. The van der Waals surface area contributed by atoms with Gasteiger partial charge in [0.05, 0.1) is 11.8 Å². The summed E-state index contributed by atoms with van der Waals surface area (Å²) in [6.45, 7) is 5.91. The van der Waals surface area contributed by atoms with Crippen LogP contribution in [0.25, 0.3) is 0 Å². The molecule has 1 aromatic heterocycles. The minimum absolute atomic E-state index is 0.0955. The molecule has 5 heteroatoms. The van der Waals surface area contributed by atoms with Crippen LogP contribution in [0.15, 0.2) is 40.6 Å². The molecular weight excluding hydrogens is 258 g/mol. The molecule has 2 N–H and O–H groups in total. The van der Waals surface area contributed by atoms with Crippen LogP contribution >= 0.6 is 11.8 Å². The summed E-state index contributed by atoms with van der Waals surface area (Å²) < 4.78 is 5.66. The fraction of sp³-hybridized carbons (Fsp3) is 0.286. The van der Waals surface area contributed by atoms with Gasteiger partial charge in [0.25, 0.3) is 0 Å². The predicted molar refractivity (Wildman–Crippen MR) is 77.5 cm³/mol. The van der Waals surface area contributed by atoms with Gasteiger partial charge in [-0.05, 0) is 56.3 Å². The van der Waals surface area contributed by atoms with Crippen molar-refractivity contribution in [3.63, 3.8) is 0 Å². The van der Waals surface area contributed by atoms with E-state index in [9.17, 15) is 0 Å². The molecule has 4 nitrogen and oxygen atoms in total. The molecule has 0 spiro atoms. The van der Waals surface area contributed by atoms with Gasteiger partial charge in [-0.2, -0.15) is 0 Å². The van der Waals surface area contributed by atoms with Crippen molar-refractivity contribution in [3.05, 3.63) is 36.2 Å². The number of anilines is 1. The summed E-state index contributed by atoms with van der Waals surface area (Å²) in [6.07, 6.45) is 3.70. The largest absolute Gasteiger partial charge is 0.489 e. The zero-order valence-corrected chi connectivity index (χ0v) is 12.1. The molecule has 0 aliphatic carbocycles. The molecule has 0 aliphatic heterocycles. The van der Waals surface area contributed by atoms with Crippen LogP contribution in [0.5, 0.6) is 5.75 Å². The molecule has 2 rings (SSSR count). The van der Waals surface area contributed by atoms with Crippen molar-refractivity contribution in [3.8, 4) is 5.75 Å². The van der Waals surface area contributed by atoms with Crippen molar-refractivity contribution in [2.45, 2.75) is 36.9 Å². The first-order chi connectivity index (χ1) is 9.04. The maximum Gasteiger partial charge on any atom is 0.192 e. The number of rotatable bonds is 4. The van der Waals surface area contributed by atoms with Gasteiger partial charge in [0, 0.05) is 17.3 Å². The van der Waals surface area contributed by atoms with Crippen molar-refractivity contribution in [2.75, 3.05) is 5.73 Å². The van der Waals surface area contributed by atoms with Crippen molar-refractivity contribution >= 4 is 17.4 Å². The number of hydrogen-bond acceptors (Lipinski definition) is 5. The predicted octanol–water partition coefficient (Wildman–Crippen LogP) is 3.31. The number of nitrogens with two attached hydrogens (primary N) is 1. The van der Waals surface area contributed by atoms with Crippen LogP contribution in [0.1, 0.15) is 19.4 Å². The second-order valence-corrected chi connectivity index (χ2v) is 5.55. The van der Waals surface area contributed by atoms with E-state index in [1.165, 1.54) is 11.8 Å². The Kier molecular flexibility index (Phi) is 4.27. The van der Waals surface area contributed by atoms with Crippen molar-refractivity contribution < 1.29 is 4.74 Å². The highest BCUT2D eigenvalue weighted by Gasteiger charge is 2.07. The molecular formula is C14H17N3OS. The molecule has 19 heavy (non-hydrogen) atoms. The summed E-state index contributed by atoms with van der Waals surface area (Å²) in [5.41, 5.74) is 7.57. The highest BCUT2D eigenvalue weighted by atomic mass is 32.2. The molecule has 2 aromatic rings. The number of benzene rings is 1. The Hall–Kier alpha value is -1.75. The summed E-state index contributed by atoms with van der Waals surface area (Å²) in [6, 6.07) is 5.70. The van der Waals surface area contributed by atoms with E-state index in [1.54, 1.807) is 12.4 Å². The van der Waals surface area contributed by atoms with E-state index >= 15 is 0 Å². The van der Waals surface area contributed by atoms with Gasteiger partial charge >= 0.3 is 0 Å². The monoisotopic (exact) mass is 275 g/mol. The van der Waals surface area contributed by atoms with Gasteiger partial charge in [-0.3, -0.25) is 0 Å². The van der Waals surface area contributed by atoms with E-state index in [-0.39, 0.29) is 6.10 Å². The summed E-state index contributed by atoms with van der Waals surface area (Å²) in [5, 5.41) is 0.714. The molecule has 0 bridgehead atoms. The average molecular weight is 275 g/mol.